The minimum Gasteiger partial charge on any atom is -0.371 e. The maximum absolute atomic E-state index is 12.7. The summed E-state index contributed by atoms with van der Waals surface area (Å²) in [7, 11) is 0. The second-order valence-electron chi connectivity index (χ2n) is 6.83. The molecule has 4 heteroatoms. The number of hydrogen-bond acceptors (Lipinski definition) is 3. The van der Waals surface area contributed by atoms with Crippen LogP contribution in [0.2, 0.25) is 0 Å². The summed E-state index contributed by atoms with van der Waals surface area (Å²) in [6.45, 7) is 10.1. The van der Waals surface area contributed by atoms with Gasteiger partial charge in [0, 0.05) is 50.5 Å². The molecule has 1 aromatic carbocycles. The smallest absolute Gasteiger partial charge is 0.254 e. The zero-order valence-corrected chi connectivity index (χ0v) is 13.8. The summed E-state index contributed by atoms with van der Waals surface area (Å²) in [6, 6.07) is 6.31. The fraction of sp³-hybridized carbons (Fsp3) is 0.611. The lowest BCUT2D eigenvalue weighted by Crippen LogP contribution is -2.46. The number of amides is 1. The van der Waals surface area contributed by atoms with Gasteiger partial charge in [0.05, 0.1) is 0 Å². The number of aryl methyl sites for hydroxylation is 1. The molecule has 0 aromatic heterocycles. The third-order valence-corrected chi connectivity index (χ3v) is 4.54. The van der Waals surface area contributed by atoms with Gasteiger partial charge < -0.3 is 15.1 Å². The number of fused-ring (bicyclic) bond motifs is 1. The third-order valence-electron chi connectivity index (χ3n) is 4.54. The van der Waals surface area contributed by atoms with Crippen LogP contribution in [-0.2, 0) is 6.42 Å². The van der Waals surface area contributed by atoms with Crippen LogP contribution in [0.3, 0.4) is 0 Å². The lowest BCUT2D eigenvalue weighted by atomic mass is 9.98. The number of nitrogens with zero attached hydrogens (tertiary/aromatic N) is 2. The number of nitrogens with one attached hydrogen (secondary N) is 1. The summed E-state index contributed by atoms with van der Waals surface area (Å²) in [4.78, 5) is 17.1. The molecule has 22 heavy (non-hydrogen) atoms. The Hall–Kier alpha value is -1.55. The summed E-state index contributed by atoms with van der Waals surface area (Å²) in [5, 5.41) is 3.30. The van der Waals surface area contributed by atoms with Crippen LogP contribution in [0.25, 0.3) is 0 Å². The molecule has 120 valence electrons. The van der Waals surface area contributed by atoms with Crippen molar-refractivity contribution < 1.29 is 4.79 Å². The average molecular weight is 301 g/mol. The Bertz CT molecular complexity index is 535. The Labute approximate surface area is 133 Å². The molecule has 4 nitrogen and oxygen atoms in total. The van der Waals surface area contributed by atoms with Crippen LogP contribution in [0.5, 0.6) is 0 Å². The van der Waals surface area contributed by atoms with Crippen molar-refractivity contribution in [1.82, 2.24) is 10.2 Å². The summed E-state index contributed by atoms with van der Waals surface area (Å²) >= 11 is 0. The minimum atomic E-state index is 0.180. The van der Waals surface area contributed by atoms with Crippen LogP contribution in [0.1, 0.15) is 36.2 Å². The molecule has 0 atom stereocenters. The monoisotopic (exact) mass is 301 g/mol. The standard InChI is InChI=1S/C18H27N3O/c1-14(2)13-21-9-3-4-15-5-6-16(12-17(15)21)18(22)20-10-7-19-8-11-20/h5-6,12,14,19H,3-4,7-11,13H2,1-2H3. The van der Waals surface area contributed by atoms with Gasteiger partial charge in [0.25, 0.3) is 5.91 Å². The predicted octanol–water partition coefficient (Wildman–Crippen LogP) is 2.14. The van der Waals surface area contributed by atoms with Crippen molar-refractivity contribution in [1.29, 1.82) is 0 Å². The first-order chi connectivity index (χ1) is 10.6. The first-order valence-electron chi connectivity index (χ1n) is 8.53. The molecular formula is C18H27N3O. The fourth-order valence-corrected chi connectivity index (χ4v) is 3.46. The quantitative estimate of drug-likeness (QED) is 0.929. The summed E-state index contributed by atoms with van der Waals surface area (Å²) < 4.78 is 0. The van der Waals surface area contributed by atoms with Crippen molar-refractivity contribution in [3.8, 4) is 0 Å². The van der Waals surface area contributed by atoms with Gasteiger partial charge in [-0.1, -0.05) is 19.9 Å². The number of carbonyl (C=O) groups excluding carboxylic acids is 1. The molecule has 0 spiro atoms. The Morgan fingerprint density at radius 3 is 2.73 bits per heavy atom. The lowest BCUT2D eigenvalue weighted by molar-refractivity contribution is 0.0736. The summed E-state index contributed by atoms with van der Waals surface area (Å²) in [5.74, 6) is 0.817. The van der Waals surface area contributed by atoms with Gasteiger partial charge in [-0.15, -0.1) is 0 Å². The van der Waals surface area contributed by atoms with E-state index in [9.17, 15) is 4.79 Å². The average Bonchev–Trinajstić information content (AvgIpc) is 2.54. The maximum Gasteiger partial charge on any atom is 0.254 e. The normalized spacial score (nSPS) is 18.5. The molecule has 3 rings (SSSR count). The third kappa shape index (κ3) is 3.27. The fourth-order valence-electron chi connectivity index (χ4n) is 3.46. The number of anilines is 1. The van der Waals surface area contributed by atoms with Gasteiger partial charge in [0.2, 0.25) is 0 Å². The van der Waals surface area contributed by atoms with Crippen molar-refractivity contribution in [3.63, 3.8) is 0 Å². The molecule has 0 saturated carbocycles. The number of piperazine rings is 1. The van der Waals surface area contributed by atoms with Crippen LogP contribution in [0.4, 0.5) is 5.69 Å². The molecule has 2 aliphatic heterocycles. The van der Waals surface area contributed by atoms with E-state index in [2.05, 4.69) is 36.2 Å². The van der Waals surface area contributed by atoms with Gasteiger partial charge >= 0.3 is 0 Å². The molecule has 2 heterocycles. The van der Waals surface area contributed by atoms with Gasteiger partial charge in [0.1, 0.15) is 0 Å². The van der Waals surface area contributed by atoms with Gasteiger partial charge in [-0.2, -0.15) is 0 Å². The van der Waals surface area contributed by atoms with Crippen molar-refractivity contribution >= 4 is 11.6 Å². The molecular weight excluding hydrogens is 274 g/mol. The van der Waals surface area contributed by atoms with E-state index in [4.69, 9.17) is 0 Å². The number of benzene rings is 1. The van der Waals surface area contributed by atoms with Crippen LogP contribution < -0.4 is 10.2 Å². The first kappa shape index (κ1) is 15.3. The number of carbonyl (C=O) groups is 1. The van der Waals surface area contributed by atoms with Crippen LogP contribution in [-0.4, -0.2) is 50.1 Å². The van der Waals surface area contributed by atoms with E-state index in [1.54, 1.807) is 0 Å². The van der Waals surface area contributed by atoms with E-state index in [-0.39, 0.29) is 5.91 Å². The number of hydrogen-bond donors (Lipinski definition) is 1. The summed E-state index contributed by atoms with van der Waals surface area (Å²) in [6.07, 6.45) is 2.34. The second kappa shape index (κ2) is 6.69. The minimum absolute atomic E-state index is 0.180. The zero-order valence-electron chi connectivity index (χ0n) is 13.8. The van der Waals surface area contributed by atoms with Gasteiger partial charge in [-0.05, 0) is 36.5 Å². The summed E-state index contributed by atoms with van der Waals surface area (Å²) in [5.41, 5.74) is 3.51. The SMILES string of the molecule is CC(C)CN1CCCc2ccc(C(=O)N3CCNCC3)cc21. The Morgan fingerprint density at radius 2 is 2.00 bits per heavy atom. The van der Waals surface area contributed by atoms with E-state index in [0.29, 0.717) is 5.92 Å². The highest BCUT2D eigenvalue weighted by molar-refractivity contribution is 5.95. The molecule has 0 bridgehead atoms. The van der Waals surface area contributed by atoms with E-state index in [1.807, 2.05) is 11.0 Å². The lowest BCUT2D eigenvalue weighted by Gasteiger charge is -2.33. The molecule has 0 aliphatic carbocycles. The highest BCUT2D eigenvalue weighted by Crippen LogP contribution is 2.29. The first-order valence-corrected chi connectivity index (χ1v) is 8.53. The molecule has 0 radical (unpaired) electrons. The Kier molecular flexibility index (Phi) is 4.67. The molecule has 2 aliphatic rings. The molecule has 1 aromatic rings. The van der Waals surface area contributed by atoms with Crippen molar-refractivity contribution in [2.75, 3.05) is 44.2 Å². The van der Waals surface area contributed by atoms with Crippen LogP contribution in [0.15, 0.2) is 18.2 Å². The highest BCUT2D eigenvalue weighted by Gasteiger charge is 2.22. The van der Waals surface area contributed by atoms with Crippen LogP contribution >= 0.6 is 0 Å². The second-order valence-corrected chi connectivity index (χ2v) is 6.83. The van der Waals surface area contributed by atoms with Crippen molar-refractivity contribution in [2.24, 2.45) is 5.92 Å². The van der Waals surface area contributed by atoms with Gasteiger partial charge in [0.15, 0.2) is 0 Å². The van der Waals surface area contributed by atoms with E-state index in [1.165, 1.54) is 17.7 Å². The maximum atomic E-state index is 12.7. The zero-order chi connectivity index (χ0) is 15.5. The van der Waals surface area contributed by atoms with Gasteiger partial charge in [-0.25, -0.2) is 0 Å². The molecule has 0 unspecified atom stereocenters. The topological polar surface area (TPSA) is 35.6 Å². The van der Waals surface area contributed by atoms with E-state index >= 15 is 0 Å². The molecule has 1 N–H and O–H groups in total. The van der Waals surface area contributed by atoms with E-state index in [0.717, 1.165) is 51.3 Å². The molecule has 1 amide bonds. The Balaban J connectivity index is 1.83. The molecule has 1 saturated heterocycles. The highest BCUT2D eigenvalue weighted by atomic mass is 16.2. The van der Waals surface area contributed by atoms with Crippen molar-refractivity contribution in [2.45, 2.75) is 26.7 Å². The Morgan fingerprint density at radius 1 is 1.23 bits per heavy atom. The van der Waals surface area contributed by atoms with Crippen LogP contribution in [0, 0.1) is 5.92 Å². The van der Waals surface area contributed by atoms with E-state index < -0.39 is 0 Å². The van der Waals surface area contributed by atoms with Crippen molar-refractivity contribution in [3.05, 3.63) is 29.3 Å². The number of rotatable bonds is 3. The predicted molar refractivity (Wildman–Crippen MR) is 90.6 cm³/mol. The largest absolute Gasteiger partial charge is 0.371 e. The molecule has 1 fully saturated rings. The van der Waals surface area contributed by atoms with Gasteiger partial charge in [-0.3, -0.25) is 4.79 Å².